The SMILES string of the molecule is COc1ccc(C(NCc2nnnn2-c2ccccc2)c2ccccc2)cc1. The largest absolute Gasteiger partial charge is 0.497 e. The second-order valence-corrected chi connectivity index (χ2v) is 6.34. The van der Waals surface area contributed by atoms with Crippen molar-refractivity contribution < 1.29 is 4.74 Å². The van der Waals surface area contributed by atoms with Crippen LogP contribution < -0.4 is 10.1 Å². The molecule has 0 saturated heterocycles. The first-order valence-corrected chi connectivity index (χ1v) is 9.10. The predicted octanol–water partition coefficient (Wildman–Crippen LogP) is 3.55. The molecule has 28 heavy (non-hydrogen) atoms. The van der Waals surface area contributed by atoms with Crippen LogP contribution in [-0.2, 0) is 6.54 Å². The highest BCUT2D eigenvalue weighted by Crippen LogP contribution is 2.24. The lowest BCUT2D eigenvalue weighted by Gasteiger charge is -2.20. The van der Waals surface area contributed by atoms with Gasteiger partial charge in [-0.2, -0.15) is 4.68 Å². The van der Waals surface area contributed by atoms with Gasteiger partial charge >= 0.3 is 0 Å². The standard InChI is InChI=1S/C22H21N5O/c1-28-20-14-12-18(13-15-20)22(17-8-4-2-5-9-17)23-16-21-24-25-26-27(21)19-10-6-3-7-11-19/h2-15,22-23H,16H2,1H3. The van der Waals surface area contributed by atoms with Crippen molar-refractivity contribution in [3.63, 3.8) is 0 Å². The molecular weight excluding hydrogens is 350 g/mol. The molecule has 1 N–H and O–H groups in total. The zero-order valence-corrected chi connectivity index (χ0v) is 15.6. The van der Waals surface area contributed by atoms with Crippen molar-refractivity contribution in [3.05, 3.63) is 102 Å². The number of hydrogen-bond acceptors (Lipinski definition) is 5. The third-order valence-electron chi connectivity index (χ3n) is 4.58. The van der Waals surface area contributed by atoms with Crippen LogP contribution in [0, 0.1) is 0 Å². The number of methoxy groups -OCH3 is 1. The summed E-state index contributed by atoms with van der Waals surface area (Å²) in [6, 6.07) is 28.3. The van der Waals surface area contributed by atoms with E-state index >= 15 is 0 Å². The highest BCUT2D eigenvalue weighted by molar-refractivity contribution is 5.36. The Balaban J connectivity index is 1.60. The fourth-order valence-corrected chi connectivity index (χ4v) is 3.15. The Morgan fingerprint density at radius 3 is 2.18 bits per heavy atom. The maximum atomic E-state index is 5.29. The summed E-state index contributed by atoms with van der Waals surface area (Å²) in [5, 5.41) is 15.8. The van der Waals surface area contributed by atoms with Crippen LogP contribution in [0.4, 0.5) is 0 Å². The van der Waals surface area contributed by atoms with E-state index in [4.69, 9.17) is 4.74 Å². The second-order valence-electron chi connectivity index (χ2n) is 6.34. The van der Waals surface area contributed by atoms with Gasteiger partial charge in [-0.3, -0.25) is 5.32 Å². The molecule has 0 spiro atoms. The van der Waals surface area contributed by atoms with Gasteiger partial charge < -0.3 is 4.74 Å². The van der Waals surface area contributed by atoms with Crippen molar-refractivity contribution >= 4 is 0 Å². The van der Waals surface area contributed by atoms with Crippen LogP contribution in [0.3, 0.4) is 0 Å². The number of hydrogen-bond donors (Lipinski definition) is 1. The number of para-hydroxylation sites is 1. The molecule has 1 unspecified atom stereocenters. The minimum Gasteiger partial charge on any atom is -0.497 e. The molecule has 4 aromatic rings. The molecule has 6 heteroatoms. The first kappa shape index (κ1) is 17.9. The Bertz CT molecular complexity index is 1000. The highest BCUT2D eigenvalue weighted by Gasteiger charge is 2.16. The number of nitrogens with one attached hydrogen (secondary N) is 1. The van der Waals surface area contributed by atoms with E-state index in [1.165, 1.54) is 5.56 Å². The number of rotatable bonds is 7. The van der Waals surface area contributed by atoms with Gasteiger partial charge in [-0.1, -0.05) is 60.7 Å². The van der Waals surface area contributed by atoms with Crippen LogP contribution >= 0.6 is 0 Å². The van der Waals surface area contributed by atoms with Crippen molar-refractivity contribution in [2.24, 2.45) is 0 Å². The molecule has 1 heterocycles. The van der Waals surface area contributed by atoms with Crippen molar-refractivity contribution in [1.82, 2.24) is 25.5 Å². The molecule has 0 aliphatic heterocycles. The van der Waals surface area contributed by atoms with E-state index in [1.54, 1.807) is 11.8 Å². The van der Waals surface area contributed by atoms with E-state index in [1.807, 2.05) is 60.7 Å². The van der Waals surface area contributed by atoms with Gasteiger partial charge in [0.05, 0.1) is 25.4 Å². The van der Waals surface area contributed by atoms with Crippen molar-refractivity contribution in [2.45, 2.75) is 12.6 Å². The fraction of sp³-hybridized carbons (Fsp3) is 0.136. The number of benzene rings is 3. The smallest absolute Gasteiger partial charge is 0.170 e. The van der Waals surface area contributed by atoms with E-state index in [0.717, 1.165) is 22.8 Å². The molecule has 6 nitrogen and oxygen atoms in total. The normalized spacial score (nSPS) is 11.9. The van der Waals surface area contributed by atoms with Crippen LogP contribution in [0.5, 0.6) is 5.75 Å². The Morgan fingerprint density at radius 2 is 1.50 bits per heavy atom. The minimum absolute atomic E-state index is 0.00743. The summed E-state index contributed by atoms with van der Waals surface area (Å²) in [5.41, 5.74) is 3.25. The number of ether oxygens (including phenoxy) is 1. The monoisotopic (exact) mass is 371 g/mol. The quantitative estimate of drug-likeness (QED) is 0.538. The van der Waals surface area contributed by atoms with Gasteiger partial charge in [0.2, 0.25) is 0 Å². The molecule has 140 valence electrons. The predicted molar refractivity (Wildman–Crippen MR) is 107 cm³/mol. The van der Waals surface area contributed by atoms with Gasteiger partial charge in [0.25, 0.3) is 0 Å². The van der Waals surface area contributed by atoms with Crippen LogP contribution in [0.2, 0.25) is 0 Å². The summed E-state index contributed by atoms with van der Waals surface area (Å²) in [6.07, 6.45) is 0. The highest BCUT2D eigenvalue weighted by atomic mass is 16.5. The Morgan fingerprint density at radius 1 is 0.857 bits per heavy atom. The van der Waals surface area contributed by atoms with E-state index < -0.39 is 0 Å². The van der Waals surface area contributed by atoms with Crippen molar-refractivity contribution in [1.29, 1.82) is 0 Å². The summed E-state index contributed by atoms with van der Waals surface area (Å²) in [6.45, 7) is 0.521. The maximum absolute atomic E-state index is 5.29. The summed E-state index contributed by atoms with van der Waals surface area (Å²) in [4.78, 5) is 0. The van der Waals surface area contributed by atoms with E-state index in [0.29, 0.717) is 6.54 Å². The van der Waals surface area contributed by atoms with Crippen molar-refractivity contribution in [3.8, 4) is 11.4 Å². The molecule has 0 bridgehead atoms. The van der Waals surface area contributed by atoms with Crippen LogP contribution in [0.25, 0.3) is 5.69 Å². The molecule has 4 rings (SSSR count). The topological polar surface area (TPSA) is 64.9 Å². The third-order valence-corrected chi connectivity index (χ3v) is 4.58. The summed E-state index contributed by atoms with van der Waals surface area (Å²) >= 11 is 0. The Kier molecular flexibility index (Phi) is 5.40. The molecule has 1 atom stereocenters. The molecule has 0 fully saturated rings. The van der Waals surface area contributed by atoms with Crippen LogP contribution in [0.15, 0.2) is 84.9 Å². The Labute approximate surface area is 163 Å². The zero-order chi connectivity index (χ0) is 19.2. The molecule has 0 amide bonds. The van der Waals surface area contributed by atoms with Gasteiger partial charge in [0.15, 0.2) is 5.82 Å². The molecule has 0 aliphatic carbocycles. The second kappa shape index (κ2) is 8.45. The number of aromatic nitrogens is 4. The molecule has 0 aliphatic rings. The molecule has 1 aromatic heterocycles. The van der Waals surface area contributed by atoms with Gasteiger partial charge in [-0.15, -0.1) is 5.10 Å². The first-order chi connectivity index (χ1) is 13.8. The lowest BCUT2D eigenvalue weighted by Crippen LogP contribution is -2.24. The van der Waals surface area contributed by atoms with E-state index in [-0.39, 0.29) is 6.04 Å². The fourth-order valence-electron chi connectivity index (χ4n) is 3.15. The lowest BCUT2D eigenvalue weighted by atomic mass is 9.98. The van der Waals surface area contributed by atoms with Gasteiger partial charge in [0.1, 0.15) is 5.75 Å². The lowest BCUT2D eigenvalue weighted by molar-refractivity contribution is 0.414. The Hall–Kier alpha value is -3.51. The number of nitrogens with zero attached hydrogens (tertiary/aromatic N) is 4. The zero-order valence-electron chi connectivity index (χ0n) is 15.6. The maximum Gasteiger partial charge on any atom is 0.170 e. The van der Waals surface area contributed by atoms with Crippen LogP contribution in [0.1, 0.15) is 23.0 Å². The summed E-state index contributed by atoms with van der Waals surface area (Å²) in [7, 11) is 1.67. The van der Waals surface area contributed by atoms with Crippen molar-refractivity contribution in [2.75, 3.05) is 7.11 Å². The number of tetrazole rings is 1. The van der Waals surface area contributed by atoms with E-state index in [2.05, 4.69) is 45.1 Å². The molecule has 3 aromatic carbocycles. The van der Waals surface area contributed by atoms with Gasteiger partial charge in [-0.05, 0) is 45.8 Å². The van der Waals surface area contributed by atoms with E-state index in [9.17, 15) is 0 Å². The first-order valence-electron chi connectivity index (χ1n) is 9.10. The molecule has 0 saturated carbocycles. The van der Waals surface area contributed by atoms with Gasteiger partial charge in [-0.25, -0.2) is 0 Å². The minimum atomic E-state index is 0.00743. The average Bonchev–Trinajstić information content (AvgIpc) is 3.24. The average molecular weight is 371 g/mol. The van der Waals surface area contributed by atoms with Gasteiger partial charge in [0, 0.05) is 0 Å². The summed E-state index contributed by atoms with van der Waals surface area (Å²) in [5.74, 6) is 1.59. The summed E-state index contributed by atoms with van der Waals surface area (Å²) < 4.78 is 7.04. The molecular formula is C22H21N5O. The molecule has 0 radical (unpaired) electrons. The van der Waals surface area contributed by atoms with Crippen LogP contribution in [-0.4, -0.2) is 27.3 Å². The third kappa shape index (κ3) is 3.92.